The van der Waals surface area contributed by atoms with Gasteiger partial charge in [-0.05, 0) is 18.4 Å². The number of benzene rings is 1. The molecule has 0 saturated carbocycles. The van der Waals surface area contributed by atoms with E-state index in [2.05, 4.69) is 0 Å². The van der Waals surface area contributed by atoms with Crippen LogP contribution in [0.1, 0.15) is 28.8 Å². The third-order valence-electron chi connectivity index (χ3n) is 3.00. The Morgan fingerprint density at radius 3 is 2.56 bits per heavy atom. The average molecular weight is 214 g/mol. The van der Waals surface area contributed by atoms with Crippen molar-refractivity contribution in [1.82, 2.24) is 0 Å². The van der Waals surface area contributed by atoms with Crippen molar-refractivity contribution in [2.24, 2.45) is 0 Å². The number of carbonyl (C=O) groups excluding carboxylic acids is 2. The lowest BCUT2D eigenvalue weighted by Gasteiger charge is -2.25. The molecule has 0 radical (unpaired) electrons. The molecule has 0 unspecified atom stereocenters. The number of ether oxygens (including phenoxy) is 1. The van der Waals surface area contributed by atoms with Crippen LogP contribution in [0, 0.1) is 0 Å². The molecule has 0 fully saturated rings. The van der Waals surface area contributed by atoms with Crippen molar-refractivity contribution in [3.05, 3.63) is 41.2 Å². The first kappa shape index (κ1) is 9.33. The highest BCUT2D eigenvalue weighted by molar-refractivity contribution is 6.51. The van der Waals surface area contributed by atoms with Gasteiger partial charge in [0.15, 0.2) is 5.76 Å². The van der Waals surface area contributed by atoms with Crippen LogP contribution in [0.15, 0.2) is 30.0 Å². The Hall–Kier alpha value is -1.90. The summed E-state index contributed by atoms with van der Waals surface area (Å²) in [6.07, 6.45) is 1.71. The highest BCUT2D eigenvalue weighted by Crippen LogP contribution is 2.35. The first-order chi connectivity index (χ1) is 7.79. The lowest BCUT2D eigenvalue weighted by atomic mass is 9.85. The van der Waals surface area contributed by atoms with E-state index < -0.39 is 11.6 Å². The normalized spacial score (nSPS) is 19.0. The molecule has 80 valence electrons. The summed E-state index contributed by atoms with van der Waals surface area (Å²) in [6, 6.07) is 7.23. The zero-order valence-electron chi connectivity index (χ0n) is 8.66. The fourth-order valence-corrected chi connectivity index (χ4v) is 2.25. The van der Waals surface area contributed by atoms with E-state index in [1.165, 1.54) is 0 Å². The zero-order chi connectivity index (χ0) is 11.1. The maximum atomic E-state index is 11.8. The van der Waals surface area contributed by atoms with E-state index in [0.29, 0.717) is 12.2 Å². The molecule has 1 aliphatic carbocycles. The molecule has 1 aliphatic heterocycles. The molecule has 3 heteroatoms. The molecule has 2 aliphatic rings. The Morgan fingerprint density at radius 2 is 1.75 bits per heavy atom. The smallest absolute Gasteiger partial charge is 0.268 e. The monoisotopic (exact) mass is 214 g/mol. The van der Waals surface area contributed by atoms with Crippen LogP contribution in [-0.2, 0) is 9.53 Å². The molecule has 0 amide bonds. The van der Waals surface area contributed by atoms with Crippen LogP contribution in [0.3, 0.4) is 0 Å². The van der Waals surface area contributed by atoms with Crippen molar-refractivity contribution < 1.29 is 14.3 Å². The van der Waals surface area contributed by atoms with Crippen LogP contribution in [0.25, 0.3) is 5.57 Å². The molecule has 1 heterocycles. The predicted molar refractivity (Wildman–Crippen MR) is 57.9 cm³/mol. The highest BCUT2D eigenvalue weighted by Gasteiger charge is 2.34. The molecule has 16 heavy (non-hydrogen) atoms. The summed E-state index contributed by atoms with van der Waals surface area (Å²) >= 11 is 0. The molecule has 3 rings (SSSR count). The standard InChI is InChI=1S/C13H10O3/c14-11-9-5-2-1-4-8(9)10-6-3-7-16-13(10)12(11)15/h1-2,4-5H,3,6-7H2. The predicted octanol–water partition coefficient (Wildman–Crippen LogP) is 1.97. The second kappa shape index (κ2) is 3.30. The van der Waals surface area contributed by atoms with Gasteiger partial charge in [0, 0.05) is 11.1 Å². The third-order valence-corrected chi connectivity index (χ3v) is 3.00. The first-order valence-corrected chi connectivity index (χ1v) is 5.33. The Bertz CT molecular complexity index is 526. The fourth-order valence-electron chi connectivity index (χ4n) is 2.25. The van der Waals surface area contributed by atoms with Gasteiger partial charge in [-0.15, -0.1) is 0 Å². The van der Waals surface area contributed by atoms with E-state index in [1.807, 2.05) is 12.1 Å². The van der Waals surface area contributed by atoms with Crippen molar-refractivity contribution in [3.8, 4) is 0 Å². The van der Waals surface area contributed by atoms with Gasteiger partial charge in [-0.1, -0.05) is 24.3 Å². The minimum Gasteiger partial charge on any atom is -0.489 e. The van der Waals surface area contributed by atoms with Gasteiger partial charge in [0.25, 0.3) is 5.78 Å². The van der Waals surface area contributed by atoms with Gasteiger partial charge in [-0.3, -0.25) is 9.59 Å². The number of carbonyl (C=O) groups is 2. The van der Waals surface area contributed by atoms with Gasteiger partial charge < -0.3 is 4.74 Å². The van der Waals surface area contributed by atoms with Gasteiger partial charge in [-0.25, -0.2) is 0 Å². The van der Waals surface area contributed by atoms with E-state index in [-0.39, 0.29) is 5.76 Å². The number of allylic oxidation sites excluding steroid dienone is 2. The van der Waals surface area contributed by atoms with Gasteiger partial charge in [0.1, 0.15) is 0 Å². The van der Waals surface area contributed by atoms with Gasteiger partial charge in [0.05, 0.1) is 6.61 Å². The molecular weight excluding hydrogens is 204 g/mol. The summed E-state index contributed by atoms with van der Waals surface area (Å²) in [4.78, 5) is 23.6. The van der Waals surface area contributed by atoms with Crippen molar-refractivity contribution in [1.29, 1.82) is 0 Å². The lowest BCUT2D eigenvalue weighted by Crippen LogP contribution is -2.27. The van der Waals surface area contributed by atoms with Crippen LogP contribution in [0.2, 0.25) is 0 Å². The topological polar surface area (TPSA) is 43.4 Å². The van der Waals surface area contributed by atoms with Crippen LogP contribution in [0.4, 0.5) is 0 Å². The number of rotatable bonds is 0. The zero-order valence-corrected chi connectivity index (χ0v) is 8.66. The summed E-state index contributed by atoms with van der Waals surface area (Å²) in [5, 5.41) is 0. The molecule has 1 aromatic carbocycles. The van der Waals surface area contributed by atoms with Crippen molar-refractivity contribution in [2.75, 3.05) is 6.61 Å². The number of Topliss-reactive ketones (excluding diaryl/α,β-unsaturated/α-hetero) is 2. The van der Waals surface area contributed by atoms with E-state index in [1.54, 1.807) is 12.1 Å². The average Bonchev–Trinajstić information content (AvgIpc) is 2.36. The number of hydrogen-bond acceptors (Lipinski definition) is 3. The molecule has 0 saturated heterocycles. The SMILES string of the molecule is O=C1C(=O)c2ccccc2C2=C1OCCC2. The molecule has 3 nitrogen and oxygen atoms in total. The molecule has 0 N–H and O–H groups in total. The van der Waals surface area contributed by atoms with Crippen LogP contribution >= 0.6 is 0 Å². The molecule has 0 atom stereocenters. The van der Waals surface area contributed by atoms with E-state index in [9.17, 15) is 9.59 Å². The fraction of sp³-hybridized carbons (Fsp3) is 0.231. The quantitative estimate of drug-likeness (QED) is 0.620. The molecular formula is C13H10O3. The molecule has 1 aromatic rings. The first-order valence-electron chi connectivity index (χ1n) is 5.33. The lowest BCUT2D eigenvalue weighted by molar-refractivity contribution is -0.115. The minimum absolute atomic E-state index is 0.273. The number of fused-ring (bicyclic) bond motifs is 2. The van der Waals surface area contributed by atoms with E-state index >= 15 is 0 Å². The second-order valence-corrected chi connectivity index (χ2v) is 3.96. The van der Waals surface area contributed by atoms with E-state index in [4.69, 9.17) is 4.74 Å². The second-order valence-electron chi connectivity index (χ2n) is 3.96. The van der Waals surface area contributed by atoms with Gasteiger partial charge in [-0.2, -0.15) is 0 Å². The van der Waals surface area contributed by atoms with Gasteiger partial charge in [0.2, 0.25) is 5.78 Å². The summed E-state index contributed by atoms with van der Waals surface area (Å²) in [5.74, 6) is -0.667. The van der Waals surface area contributed by atoms with Crippen LogP contribution in [-0.4, -0.2) is 18.2 Å². The number of hydrogen-bond donors (Lipinski definition) is 0. The van der Waals surface area contributed by atoms with Crippen LogP contribution in [0.5, 0.6) is 0 Å². The van der Waals surface area contributed by atoms with Crippen molar-refractivity contribution in [3.63, 3.8) is 0 Å². The van der Waals surface area contributed by atoms with Crippen molar-refractivity contribution in [2.45, 2.75) is 12.8 Å². The van der Waals surface area contributed by atoms with E-state index in [0.717, 1.165) is 24.0 Å². The van der Waals surface area contributed by atoms with Crippen LogP contribution < -0.4 is 0 Å². The minimum atomic E-state index is -0.492. The van der Waals surface area contributed by atoms with Crippen molar-refractivity contribution >= 4 is 17.1 Å². The summed E-state index contributed by atoms with van der Waals surface area (Å²) < 4.78 is 5.33. The summed E-state index contributed by atoms with van der Waals surface area (Å²) in [6.45, 7) is 0.528. The summed E-state index contributed by atoms with van der Waals surface area (Å²) in [7, 11) is 0. The maximum absolute atomic E-state index is 11.8. The molecule has 0 bridgehead atoms. The molecule has 0 aromatic heterocycles. The largest absolute Gasteiger partial charge is 0.489 e. The Labute approximate surface area is 92.7 Å². The maximum Gasteiger partial charge on any atom is 0.268 e. The summed E-state index contributed by atoms with van der Waals surface area (Å²) in [5.41, 5.74) is 2.27. The Kier molecular flexibility index (Phi) is 1.93. The Balaban J connectivity index is 2.28. The highest BCUT2D eigenvalue weighted by atomic mass is 16.5. The number of ketones is 2. The molecule has 0 spiro atoms. The Morgan fingerprint density at radius 1 is 1.00 bits per heavy atom. The third kappa shape index (κ3) is 1.14. The van der Waals surface area contributed by atoms with Gasteiger partial charge >= 0.3 is 0 Å².